The second-order valence-electron chi connectivity index (χ2n) is 2.79. The van der Waals surface area contributed by atoms with E-state index in [0.717, 1.165) is 5.75 Å². The predicted octanol–water partition coefficient (Wildman–Crippen LogP) is -0.462. The Morgan fingerprint density at radius 3 is 2.88 bits per heavy atom. The fourth-order valence-electron chi connectivity index (χ4n) is 0.849. The van der Waals surface area contributed by atoms with Gasteiger partial charge in [-0.2, -0.15) is 16.7 Å². The summed E-state index contributed by atoms with van der Waals surface area (Å²) in [5.41, 5.74) is 4.92. The summed E-state index contributed by atoms with van der Waals surface area (Å²) in [4.78, 5) is 25.5. The van der Waals surface area contributed by atoms with E-state index >= 15 is 0 Å². The molecule has 0 spiro atoms. The number of carbonyl (C=O) groups excluding carboxylic acids is 2. The monoisotopic (exact) mass is 244 g/mol. The molecule has 7 nitrogen and oxygen atoms in total. The molecule has 2 amide bonds. The summed E-state index contributed by atoms with van der Waals surface area (Å²) in [6.45, 7) is 2.09. The van der Waals surface area contributed by atoms with E-state index in [1.807, 2.05) is 6.92 Å². The molecule has 1 rings (SSSR count). The summed E-state index contributed by atoms with van der Waals surface area (Å²) in [5.74, 6) is 0.332. The summed E-state index contributed by atoms with van der Waals surface area (Å²) < 4.78 is 4.55. The largest absolute Gasteiger partial charge is 0.361 e. The molecule has 0 saturated heterocycles. The minimum atomic E-state index is -0.786. The molecule has 0 aliphatic carbocycles. The molecule has 0 bridgehead atoms. The first-order valence-electron chi connectivity index (χ1n) is 4.60. The molecule has 0 fully saturated rings. The Kier molecular flexibility index (Phi) is 4.77. The summed E-state index contributed by atoms with van der Waals surface area (Å²) in [5, 5.41) is 6.07. The topological polar surface area (TPSA) is 111 Å². The van der Waals surface area contributed by atoms with Gasteiger partial charge >= 0.3 is 11.8 Å². The van der Waals surface area contributed by atoms with Crippen LogP contribution in [0.15, 0.2) is 4.52 Å². The standard InChI is InChI=1S/C8H12N4O3S/c1-2-16-4-6(13)10-3-5-11-8(7(9)14)15-12-5/h2-4H2,1H3,(H2,9,14)(H,10,13). The highest BCUT2D eigenvalue weighted by Crippen LogP contribution is 1.98. The Hall–Kier alpha value is -1.57. The smallest absolute Gasteiger partial charge is 0.315 e. The molecule has 0 aliphatic heterocycles. The number of hydrogen-bond acceptors (Lipinski definition) is 6. The molecule has 0 aromatic carbocycles. The van der Waals surface area contributed by atoms with Crippen molar-refractivity contribution < 1.29 is 14.1 Å². The number of nitrogens with zero attached hydrogens (tertiary/aromatic N) is 2. The fraction of sp³-hybridized carbons (Fsp3) is 0.500. The van der Waals surface area contributed by atoms with Gasteiger partial charge in [0.1, 0.15) is 0 Å². The van der Waals surface area contributed by atoms with Crippen LogP contribution in [0.4, 0.5) is 0 Å². The summed E-state index contributed by atoms with van der Waals surface area (Å²) in [7, 11) is 0. The number of carbonyl (C=O) groups is 2. The number of amides is 2. The summed E-state index contributed by atoms with van der Waals surface area (Å²) in [6.07, 6.45) is 0. The average molecular weight is 244 g/mol. The second-order valence-corrected chi connectivity index (χ2v) is 4.07. The molecule has 0 unspecified atom stereocenters. The molecule has 3 N–H and O–H groups in total. The molecule has 1 aromatic rings. The first-order chi connectivity index (χ1) is 7.63. The lowest BCUT2D eigenvalue weighted by molar-refractivity contribution is -0.118. The van der Waals surface area contributed by atoms with Gasteiger partial charge in [-0.15, -0.1) is 0 Å². The van der Waals surface area contributed by atoms with Crippen LogP contribution in [0.2, 0.25) is 0 Å². The second kappa shape index (κ2) is 6.11. The molecule has 1 aromatic heterocycles. The third-order valence-electron chi connectivity index (χ3n) is 1.56. The number of primary amides is 1. The molecule has 0 atom stereocenters. The van der Waals surface area contributed by atoms with Crippen molar-refractivity contribution in [3.63, 3.8) is 0 Å². The SMILES string of the molecule is CCSCC(=O)NCc1noc(C(N)=O)n1. The highest BCUT2D eigenvalue weighted by molar-refractivity contribution is 7.99. The van der Waals surface area contributed by atoms with Crippen molar-refractivity contribution in [2.75, 3.05) is 11.5 Å². The van der Waals surface area contributed by atoms with Gasteiger partial charge in [0.2, 0.25) is 5.91 Å². The van der Waals surface area contributed by atoms with Crippen molar-refractivity contribution in [3.05, 3.63) is 11.7 Å². The van der Waals surface area contributed by atoms with Crippen LogP contribution in [0, 0.1) is 0 Å². The number of thioether (sulfide) groups is 1. The maximum absolute atomic E-state index is 11.2. The molecule has 0 aliphatic rings. The van der Waals surface area contributed by atoms with Crippen LogP contribution in [0.25, 0.3) is 0 Å². The molecular formula is C8H12N4O3S. The van der Waals surface area contributed by atoms with Gasteiger partial charge in [0.15, 0.2) is 5.82 Å². The van der Waals surface area contributed by atoms with Crippen molar-refractivity contribution >= 4 is 23.6 Å². The van der Waals surface area contributed by atoms with Crippen LogP contribution in [0.3, 0.4) is 0 Å². The van der Waals surface area contributed by atoms with E-state index in [1.54, 1.807) is 0 Å². The third kappa shape index (κ3) is 3.89. The van der Waals surface area contributed by atoms with Crippen LogP contribution in [0.1, 0.15) is 23.4 Å². The molecule has 8 heteroatoms. The number of aromatic nitrogens is 2. The maximum atomic E-state index is 11.2. The van der Waals surface area contributed by atoms with Gasteiger partial charge in [-0.05, 0) is 5.75 Å². The molecular weight excluding hydrogens is 232 g/mol. The Balaban J connectivity index is 2.36. The number of hydrogen-bond donors (Lipinski definition) is 2. The molecule has 16 heavy (non-hydrogen) atoms. The van der Waals surface area contributed by atoms with Crippen molar-refractivity contribution in [1.29, 1.82) is 0 Å². The van der Waals surface area contributed by atoms with Gasteiger partial charge < -0.3 is 15.6 Å². The highest BCUT2D eigenvalue weighted by Gasteiger charge is 2.11. The van der Waals surface area contributed by atoms with E-state index in [1.165, 1.54) is 11.8 Å². The first-order valence-corrected chi connectivity index (χ1v) is 5.75. The van der Waals surface area contributed by atoms with Crippen molar-refractivity contribution in [1.82, 2.24) is 15.5 Å². The lowest BCUT2D eigenvalue weighted by Crippen LogP contribution is -2.25. The van der Waals surface area contributed by atoms with Crippen LogP contribution in [-0.4, -0.2) is 33.5 Å². The van der Waals surface area contributed by atoms with Gasteiger partial charge in [0, 0.05) is 0 Å². The molecule has 0 saturated carbocycles. The predicted molar refractivity (Wildman–Crippen MR) is 57.7 cm³/mol. The lowest BCUT2D eigenvalue weighted by Gasteiger charge is -2.00. The molecule has 0 radical (unpaired) electrons. The third-order valence-corrected chi connectivity index (χ3v) is 2.43. The minimum Gasteiger partial charge on any atom is -0.361 e. The van der Waals surface area contributed by atoms with Gasteiger partial charge in [-0.3, -0.25) is 9.59 Å². The van der Waals surface area contributed by atoms with Crippen molar-refractivity contribution in [2.24, 2.45) is 5.73 Å². The Bertz CT molecular complexity index is 379. The van der Waals surface area contributed by atoms with Crippen molar-refractivity contribution in [3.8, 4) is 0 Å². The van der Waals surface area contributed by atoms with E-state index in [2.05, 4.69) is 20.0 Å². The fourth-order valence-corrected chi connectivity index (χ4v) is 1.34. The van der Waals surface area contributed by atoms with Gasteiger partial charge in [0.25, 0.3) is 0 Å². The zero-order valence-electron chi connectivity index (χ0n) is 8.73. The maximum Gasteiger partial charge on any atom is 0.315 e. The van der Waals surface area contributed by atoms with Crippen LogP contribution < -0.4 is 11.1 Å². The van der Waals surface area contributed by atoms with Crippen LogP contribution in [0.5, 0.6) is 0 Å². The van der Waals surface area contributed by atoms with Gasteiger partial charge in [-0.1, -0.05) is 12.1 Å². The van der Waals surface area contributed by atoms with Crippen LogP contribution in [-0.2, 0) is 11.3 Å². The average Bonchev–Trinajstić information content (AvgIpc) is 2.72. The Morgan fingerprint density at radius 1 is 1.56 bits per heavy atom. The van der Waals surface area contributed by atoms with Gasteiger partial charge in [-0.25, -0.2) is 0 Å². The normalized spacial score (nSPS) is 10.1. The molecule has 1 heterocycles. The number of rotatable bonds is 6. The zero-order valence-corrected chi connectivity index (χ0v) is 9.54. The van der Waals surface area contributed by atoms with E-state index in [0.29, 0.717) is 5.75 Å². The number of nitrogens with one attached hydrogen (secondary N) is 1. The number of nitrogens with two attached hydrogens (primary N) is 1. The van der Waals surface area contributed by atoms with E-state index in [9.17, 15) is 9.59 Å². The Labute approximate surface area is 96.1 Å². The van der Waals surface area contributed by atoms with Crippen LogP contribution >= 0.6 is 11.8 Å². The quantitative estimate of drug-likeness (QED) is 0.700. The Morgan fingerprint density at radius 2 is 2.31 bits per heavy atom. The molecule has 88 valence electrons. The first kappa shape index (κ1) is 12.5. The van der Waals surface area contributed by atoms with Crippen molar-refractivity contribution in [2.45, 2.75) is 13.5 Å². The van der Waals surface area contributed by atoms with E-state index in [-0.39, 0.29) is 24.2 Å². The lowest BCUT2D eigenvalue weighted by atomic mass is 10.5. The summed E-state index contributed by atoms with van der Waals surface area (Å²) >= 11 is 1.51. The minimum absolute atomic E-state index is 0.114. The summed E-state index contributed by atoms with van der Waals surface area (Å²) in [6, 6.07) is 0. The highest BCUT2D eigenvalue weighted by atomic mass is 32.2. The van der Waals surface area contributed by atoms with E-state index in [4.69, 9.17) is 5.73 Å². The van der Waals surface area contributed by atoms with Gasteiger partial charge in [0.05, 0.1) is 12.3 Å². The zero-order chi connectivity index (χ0) is 12.0. The van der Waals surface area contributed by atoms with E-state index < -0.39 is 5.91 Å².